The van der Waals surface area contributed by atoms with Crippen molar-refractivity contribution in [2.75, 3.05) is 14.2 Å². The van der Waals surface area contributed by atoms with E-state index in [0.29, 0.717) is 11.5 Å². The number of ketones is 1. The highest BCUT2D eigenvalue weighted by atomic mass is 19.1. The van der Waals surface area contributed by atoms with Gasteiger partial charge >= 0.3 is 0 Å². The van der Waals surface area contributed by atoms with Crippen molar-refractivity contribution < 1.29 is 23.0 Å². The van der Waals surface area contributed by atoms with E-state index < -0.39 is 17.4 Å². The Morgan fingerprint density at radius 2 is 1.55 bits per heavy atom. The summed E-state index contributed by atoms with van der Waals surface area (Å²) >= 11 is 0. The smallest absolute Gasteiger partial charge is 0.188 e. The molecule has 0 fully saturated rings. The first-order chi connectivity index (χ1) is 10.5. The molecule has 0 amide bonds. The first-order valence-corrected chi connectivity index (χ1v) is 6.44. The summed E-state index contributed by atoms with van der Waals surface area (Å²) in [4.78, 5) is 12.0. The van der Waals surface area contributed by atoms with Gasteiger partial charge in [0.25, 0.3) is 0 Å². The normalized spacial score (nSPS) is 10.7. The van der Waals surface area contributed by atoms with Gasteiger partial charge in [-0.05, 0) is 36.4 Å². The van der Waals surface area contributed by atoms with Gasteiger partial charge in [-0.25, -0.2) is 8.78 Å². The fraction of sp³-hybridized carbons (Fsp3) is 0.118. The topological polar surface area (TPSA) is 35.5 Å². The predicted molar refractivity (Wildman–Crippen MR) is 79.3 cm³/mol. The van der Waals surface area contributed by atoms with Gasteiger partial charge in [0.2, 0.25) is 0 Å². The maximum absolute atomic E-state index is 13.8. The summed E-state index contributed by atoms with van der Waals surface area (Å²) < 4.78 is 37.3. The molecule has 0 spiro atoms. The van der Waals surface area contributed by atoms with Crippen LogP contribution >= 0.6 is 0 Å². The van der Waals surface area contributed by atoms with Crippen LogP contribution in [-0.2, 0) is 0 Å². The molecule has 0 aliphatic heterocycles. The summed E-state index contributed by atoms with van der Waals surface area (Å²) in [5.41, 5.74) is 0.106. The van der Waals surface area contributed by atoms with Crippen LogP contribution in [0.4, 0.5) is 8.78 Å². The lowest BCUT2D eigenvalue weighted by Crippen LogP contribution is -1.99. The molecule has 0 aliphatic carbocycles. The van der Waals surface area contributed by atoms with Crippen molar-refractivity contribution in [1.82, 2.24) is 0 Å². The first kappa shape index (κ1) is 15.7. The standard InChI is InChI=1S/C17H14F2O3/c1-21-12-5-3-11(15(18)9-12)4-8-17(20)14-7-6-13(22-2)10-16(14)19/h3-10H,1-2H3/b8-4+. The minimum absolute atomic E-state index is 0.106. The second-order valence-electron chi connectivity index (χ2n) is 4.43. The van der Waals surface area contributed by atoms with Crippen molar-refractivity contribution in [3.8, 4) is 11.5 Å². The Kier molecular flexibility index (Phi) is 4.88. The molecule has 0 radical (unpaired) electrons. The maximum Gasteiger partial charge on any atom is 0.188 e. The Bertz CT molecular complexity index is 724. The molecule has 2 aromatic rings. The van der Waals surface area contributed by atoms with Crippen molar-refractivity contribution in [3.05, 3.63) is 65.2 Å². The van der Waals surface area contributed by atoms with Gasteiger partial charge in [0, 0.05) is 17.7 Å². The van der Waals surface area contributed by atoms with Gasteiger partial charge in [-0.2, -0.15) is 0 Å². The van der Waals surface area contributed by atoms with Crippen LogP contribution in [0.3, 0.4) is 0 Å². The molecular weight excluding hydrogens is 290 g/mol. The molecule has 0 saturated heterocycles. The average molecular weight is 304 g/mol. The molecule has 2 aromatic carbocycles. The van der Waals surface area contributed by atoms with E-state index in [2.05, 4.69) is 0 Å². The van der Waals surface area contributed by atoms with Crippen molar-refractivity contribution in [3.63, 3.8) is 0 Å². The van der Waals surface area contributed by atoms with Crippen LogP contribution in [0.25, 0.3) is 6.08 Å². The number of benzene rings is 2. The Labute approximate surface area is 126 Å². The molecule has 0 N–H and O–H groups in total. The SMILES string of the molecule is COc1ccc(/C=C/C(=O)c2ccc(OC)cc2F)c(F)c1. The van der Waals surface area contributed by atoms with Crippen LogP contribution < -0.4 is 9.47 Å². The number of hydrogen-bond donors (Lipinski definition) is 0. The van der Waals surface area contributed by atoms with Crippen LogP contribution in [0.5, 0.6) is 11.5 Å². The van der Waals surface area contributed by atoms with Crippen molar-refractivity contribution in [2.45, 2.75) is 0 Å². The Hall–Kier alpha value is -2.69. The van der Waals surface area contributed by atoms with Crippen molar-refractivity contribution in [2.24, 2.45) is 0 Å². The monoisotopic (exact) mass is 304 g/mol. The van der Waals surface area contributed by atoms with E-state index in [1.807, 2.05) is 0 Å². The number of rotatable bonds is 5. The van der Waals surface area contributed by atoms with Gasteiger partial charge in [0.05, 0.1) is 19.8 Å². The quantitative estimate of drug-likeness (QED) is 0.621. The van der Waals surface area contributed by atoms with E-state index >= 15 is 0 Å². The fourth-order valence-corrected chi connectivity index (χ4v) is 1.85. The largest absolute Gasteiger partial charge is 0.497 e. The van der Waals surface area contributed by atoms with Gasteiger partial charge in [-0.1, -0.05) is 0 Å². The number of halogens is 2. The maximum atomic E-state index is 13.8. The van der Waals surface area contributed by atoms with Gasteiger partial charge in [-0.15, -0.1) is 0 Å². The van der Waals surface area contributed by atoms with Crippen LogP contribution in [0.2, 0.25) is 0 Å². The summed E-state index contributed by atoms with van der Waals surface area (Å²) in [5, 5.41) is 0. The van der Waals surface area contributed by atoms with Crippen LogP contribution in [-0.4, -0.2) is 20.0 Å². The summed E-state index contributed by atoms with van der Waals surface area (Å²) in [6.07, 6.45) is 2.41. The third-order valence-corrected chi connectivity index (χ3v) is 3.06. The molecule has 5 heteroatoms. The molecule has 114 valence electrons. The number of carbonyl (C=O) groups is 1. The highest BCUT2D eigenvalue weighted by molar-refractivity contribution is 6.07. The lowest BCUT2D eigenvalue weighted by Gasteiger charge is -2.03. The predicted octanol–water partition coefficient (Wildman–Crippen LogP) is 3.88. The molecule has 0 bridgehead atoms. The first-order valence-electron chi connectivity index (χ1n) is 6.44. The lowest BCUT2D eigenvalue weighted by molar-refractivity contribution is 0.104. The summed E-state index contributed by atoms with van der Waals surface area (Å²) in [5.74, 6) is -1.08. The molecule has 0 unspecified atom stereocenters. The zero-order valence-electron chi connectivity index (χ0n) is 12.1. The van der Waals surface area contributed by atoms with Gasteiger partial charge in [0.15, 0.2) is 5.78 Å². The third-order valence-electron chi connectivity index (χ3n) is 3.06. The minimum Gasteiger partial charge on any atom is -0.497 e. The zero-order chi connectivity index (χ0) is 16.1. The van der Waals surface area contributed by atoms with E-state index in [0.717, 1.165) is 12.1 Å². The molecule has 3 nitrogen and oxygen atoms in total. The van der Waals surface area contributed by atoms with Gasteiger partial charge in [-0.3, -0.25) is 4.79 Å². The van der Waals surface area contributed by atoms with E-state index in [-0.39, 0.29) is 11.1 Å². The van der Waals surface area contributed by atoms with Gasteiger partial charge in [0.1, 0.15) is 23.1 Å². The number of allylic oxidation sites excluding steroid dienone is 1. The number of methoxy groups -OCH3 is 2. The van der Waals surface area contributed by atoms with Gasteiger partial charge < -0.3 is 9.47 Å². The van der Waals surface area contributed by atoms with E-state index in [1.165, 1.54) is 44.6 Å². The summed E-state index contributed by atoms with van der Waals surface area (Å²) in [7, 11) is 2.84. The molecule has 0 heterocycles. The number of hydrogen-bond acceptors (Lipinski definition) is 3. The summed E-state index contributed by atoms with van der Waals surface area (Å²) in [6, 6.07) is 8.18. The molecule has 22 heavy (non-hydrogen) atoms. The Balaban J connectivity index is 2.21. The van der Waals surface area contributed by atoms with E-state index in [1.54, 1.807) is 6.07 Å². The molecule has 0 aromatic heterocycles. The van der Waals surface area contributed by atoms with Crippen molar-refractivity contribution in [1.29, 1.82) is 0 Å². The van der Waals surface area contributed by atoms with E-state index in [9.17, 15) is 13.6 Å². The Morgan fingerprint density at radius 3 is 2.09 bits per heavy atom. The highest BCUT2D eigenvalue weighted by Crippen LogP contribution is 2.19. The molecule has 0 atom stereocenters. The van der Waals surface area contributed by atoms with Crippen molar-refractivity contribution >= 4 is 11.9 Å². The minimum atomic E-state index is -0.691. The zero-order valence-corrected chi connectivity index (χ0v) is 12.1. The van der Waals surface area contributed by atoms with Crippen LogP contribution in [0, 0.1) is 11.6 Å². The second-order valence-corrected chi connectivity index (χ2v) is 4.43. The average Bonchev–Trinajstić information content (AvgIpc) is 2.53. The fourth-order valence-electron chi connectivity index (χ4n) is 1.85. The molecule has 2 rings (SSSR count). The summed E-state index contributed by atoms with van der Waals surface area (Å²) in [6.45, 7) is 0. The lowest BCUT2D eigenvalue weighted by atomic mass is 10.1. The Morgan fingerprint density at radius 1 is 0.955 bits per heavy atom. The molecule has 0 saturated carbocycles. The number of carbonyl (C=O) groups excluding carboxylic acids is 1. The van der Waals surface area contributed by atoms with Crippen LogP contribution in [0.15, 0.2) is 42.5 Å². The highest BCUT2D eigenvalue weighted by Gasteiger charge is 2.10. The number of ether oxygens (including phenoxy) is 2. The molecule has 0 aliphatic rings. The molecular formula is C17H14F2O3. The third kappa shape index (κ3) is 3.49. The van der Waals surface area contributed by atoms with E-state index in [4.69, 9.17) is 9.47 Å². The van der Waals surface area contributed by atoms with Crippen LogP contribution in [0.1, 0.15) is 15.9 Å². The second kappa shape index (κ2) is 6.85.